The number of furan rings is 1. The zero-order chi connectivity index (χ0) is 20.6. The molecule has 1 aromatic rings. The van der Waals surface area contributed by atoms with Crippen molar-refractivity contribution < 1.29 is 18.7 Å². The normalized spacial score (nSPS) is 30.5. The molecule has 0 unspecified atom stereocenters. The number of rotatable bonds is 6. The summed E-state index contributed by atoms with van der Waals surface area (Å²) in [7, 11) is 0. The lowest BCUT2D eigenvalue weighted by atomic mass is 9.65. The van der Waals surface area contributed by atoms with Gasteiger partial charge in [-0.05, 0) is 49.0 Å². The first-order valence-corrected chi connectivity index (χ1v) is 11.0. The van der Waals surface area contributed by atoms with Gasteiger partial charge in [-0.3, -0.25) is 9.59 Å². The first-order chi connectivity index (χ1) is 13.7. The maximum atomic E-state index is 13.1. The van der Waals surface area contributed by atoms with Crippen LogP contribution in [0.15, 0.2) is 23.0 Å². The molecule has 3 aliphatic rings. The summed E-state index contributed by atoms with van der Waals surface area (Å²) in [6.07, 6.45) is 8.75. The van der Waals surface area contributed by atoms with Crippen LogP contribution in [0.4, 0.5) is 0 Å². The zero-order valence-electron chi connectivity index (χ0n) is 18.0. The Kier molecular flexibility index (Phi) is 5.49. The van der Waals surface area contributed by atoms with Crippen LogP contribution >= 0.6 is 0 Å². The highest BCUT2D eigenvalue weighted by atomic mass is 16.5. The molecular formula is C23H34N2O4. The quantitative estimate of drug-likeness (QED) is 0.728. The Labute approximate surface area is 173 Å². The minimum absolute atomic E-state index is 0.0617. The van der Waals surface area contributed by atoms with Gasteiger partial charge in [0, 0.05) is 38.7 Å². The Hall–Kier alpha value is -1.82. The molecule has 2 aliphatic heterocycles. The number of amides is 2. The Balaban J connectivity index is 1.40. The van der Waals surface area contributed by atoms with Crippen molar-refractivity contribution in [2.45, 2.75) is 71.4 Å². The molecule has 3 heterocycles. The number of fused-ring (bicyclic) bond motifs is 2. The average molecular weight is 403 g/mol. The molecule has 3 fully saturated rings. The van der Waals surface area contributed by atoms with Gasteiger partial charge in [-0.1, -0.05) is 20.8 Å². The number of hydrogen-bond donors (Lipinski definition) is 0. The van der Waals surface area contributed by atoms with E-state index in [-0.39, 0.29) is 28.7 Å². The molecule has 1 saturated carbocycles. The van der Waals surface area contributed by atoms with Crippen molar-refractivity contribution in [2.75, 3.05) is 26.2 Å². The molecule has 2 amide bonds. The minimum atomic E-state index is -0.0877. The molecule has 0 aromatic carbocycles. The Morgan fingerprint density at radius 1 is 1.28 bits per heavy atom. The Morgan fingerprint density at radius 3 is 2.79 bits per heavy atom. The standard InChI is InChI=1S/C23H34N2O4/c1-22(2)11-18-12-23(3,15-22)16-25(18)20(26)6-8-24(13-19-5-4-9-29-19)21(27)17-7-10-28-14-17/h7,10,14,18-19H,4-6,8-9,11-13,15-16H2,1-3H3/t18-,19+,23-/m1/s1. The minimum Gasteiger partial charge on any atom is -0.472 e. The molecule has 1 aromatic heterocycles. The van der Waals surface area contributed by atoms with Gasteiger partial charge in [-0.15, -0.1) is 0 Å². The van der Waals surface area contributed by atoms with Crippen molar-refractivity contribution >= 4 is 11.8 Å². The fraction of sp³-hybridized carbons (Fsp3) is 0.739. The highest BCUT2D eigenvalue weighted by Crippen LogP contribution is 2.52. The second-order valence-electron chi connectivity index (χ2n) is 10.4. The lowest BCUT2D eigenvalue weighted by Crippen LogP contribution is -2.42. The van der Waals surface area contributed by atoms with Crippen LogP contribution in [0.5, 0.6) is 0 Å². The molecule has 160 valence electrons. The highest BCUT2D eigenvalue weighted by molar-refractivity contribution is 5.94. The molecule has 0 spiro atoms. The van der Waals surface area contributed by atoms with Crippen molar-refractivity contribution in [1.29, 1.82) is 0 Å². The van der Waals surface area contributed by atoms with E-state index in [4.69, 9.17) is 9.15 Å². The molecule has 4 rings (SSSR count). The van der Waals surface area contributed by atoms with E-state index in [0.717, 1.165) is 38.8 Å². The largest absolute Gasteiger partial charge is 0.472 e. The average Bonchev–Trinajstić information content (AvgIpc) is 3.37. The molecule has 3 atom stereocenters. The topological polar surface area (TPSA) is 63.0 Å². The van der Waals surface area contributed by atoms with Crippen molar-refractivity contribution in [2.24, 2.45) is 10.8 Å². The smallest absolute Gasteiger partial charge is 0.257 e. The summed E-state index contributed by atoms with van der Waals surface area (Å²) in [6.45, 7) is 9.51. The molecular weight excluding hydrogens is 368 g/mol. The maximum Gasteiger partial charge on any atom is 0.257 e. The van der Waals surface area contributed by atoms with Gasteiger partial charge in [-0.2, -0.15) is 0 Å². The molecule has 2 bridgehead atoms. The van der Waals surface area contributed by atoms with Gasteiger partial charge in [0.1, 0.15) is 6.26 Å². The van der Waals surface area contributed by atoms with Gasteiger partial charge in [0.25, 0.3) is 5.91 Å². The van der Waals surface area contributed by atoms with Crippen LogP contribution in [0.3, 0.4) is 0 Å². The van der Waals surface area contributed by atoms with E-state index in [9.17, 15) is 9.59 Å². The Morgan fingerprint density at radius 2 is 2.10 bits per heavy atom. The van der Waals surface area contributed by atoms with Crippen LogP contribution in [0.25, 0.3) is 0 Å². The van der Waals surface area contributed by atoms with E-state index in [2.05, 4.69) is 25.7 Å². The van der Waals surface area contributed by atoms with E-state index in [1.54, 1.807) is 11.0 Å². The van der Waals surface area contributed by atoms with Gasteiger partial charge in [0.15, 0.2) is 0 Å². The third-order valence-corrected chi connectivity index (χ3v) is 6.83. The van der Waals surface area contributed by atoms with Crippen molar-refractivity contribution in [3.63, 3.8) is 0 Å². The second-order valence-corrected chi connectivity index (χ2v) is 10.4. The van der Waals surface area contributed by atoms with Gasteiger partial charge in [0.05, 0.1) is 17.9 Å². The van der Waals surface area contributed by atoms with Gasteiger partial charge < -0.3 is 19.0 Å². The van der Waals surface area contributed by atoms with E-state index in [1.807, 2.05) is 0 Å². The Bertz CT molecular complexity index is 738. The monoisotopic (exact) mass is 402 g/mol. The summed E-state index contributed by atoms with van der Waals surface area (Å²) in [5, 5.41) is 0. The van der Waals surface area contributed by atoms with Crippen molar-refractivity contribution in [3.8, 4) is 0 Å². The number of nitrogens with zero attached hydrogens (tertiary/aromatic N) is 2. The molecule has 2 saturated heterocycles. The van der Waals surface area contributed by atoms with Crippen LogP contribution in [0.2, 0.25) is 0 Å². The van der Waals surface area contributed by atoms with Crippen LogP contribution in [-0.4, -0.2) is 60.0 Å². The van der Waals surface area contributed by atoms with E-state index >= 15 is 0 Å². The van der Waals surface area contributed by atoms with Crippen LogP contribution in [0, 0.1) is 10.8 Å². The number of carbonyl (C=O) groups is 2. The number of likely N-dealkylation sites (tertiary alicyclic amines) is 1. The fourth-order valence-corrected chi connectivity index (χ4v) is 6.00. The second kappa shape index (κ2) is 7.78. The number of ether oxygens (including phenoxy) is 1. The fourth-order valence-electron chi connectivity index (χ4n) is 6.00. The van der Waals surface area contributed by atoms with Crippen molar-refractivity contribution in [1.82, 2.24) is 9.80 Å². The SMILES string of the molecule is CC1(C)C[C@@H]2C[C@@](C)(CN2C(=O)CCN(C[C@@H]2CCCO2)C(=O)c2ccoc2)C1. The molecule has 6 nitrogen and oxygen atoms in total. The third kappa shape index (κ3) is 4.52. The lowest BCUT2D eigenvalue weighted by Gasteiger charge is -2.39. The zero-order valence-corrected chi connectivity index (χ0v) is 18.0. The summed E-state index contributed by atoms with van der Waals surface area (Å²) in [5.41, 5.74) is 1.05. The predicted molar refractivity (Wildman–Crippen MR) is 109 cm³/mol. The van der Waals surface area contributed by atoms with E-state index in [1.165, 1.54) is 18.9 Å². The number of carbonyl (C=O) groups excluding carboxylic acids is 2. The molecule has 29 heavy (non-hydrogen) atoms. The molecule has 0 N–H and O–H groups in total. The molecule has 0 radical (unpaired) electrons. The predicted octanol–water partition coefficient (Wildman–Crippen LogP) is 3.72. The van der Waals surface area contributed by atoms with E-state index < -0.39 is 0 Å². The highest BCUT2D eigenvalue weighted by Gasteiger charge is 2.50. The summed E-state index contributed by atoms with van der Waals surface area (Å²) >= 11 is 0. The summed E-state index contributed by atoms with van der Waals surface area (Å²) in [5.74, 6) is 0.0871. The molecule has 1 aliphatic carbocycles. The van der Waals surface area contributed by atoms with Crippen LogP contribution < -0.4 is 0 Å². The van der Waals surface area contributed by atoms with Gasteiger partial charge >= 0.3 is 0 Å². The first-order valence-electron chi connectivity index (χ1n) is 11.0. The summed E-state index contributed by atoms with van der Waals surface area (Å²) in [6, 6.07) is 2.02. The van der Waals surface area contributed by atoms with Crippen molar-refractivity contribution in [3.05, 3.63) is 24.2 Å². The third-order valence-electron chi connectivity index (χ3n) is 6.83. The van der Waals surface area contributed by atoms with Crippen LogP contribution in [0.1, 0.15) is 69.7 Å². The number of hydrogen-bond acceptors (Lipinski definition) is 4. The van der Waals surface area contributed by atoms with Gasteiger partial charge in [-0.25, -0.2) is 0 Å². The molecule has 6 heteroatoms. The summed E-state index contributed by atoms with van der Waals surface area (Å²) in [4.78, 5) is 29.9. The first kappa shape index (κ1) is 20.5. The summed E-state index contributed by atoms with van der Waals surface area (Å²) < 4.78 is 10.8. The maximum absolute atomic E-state index is 13.1. The lowest BCUT2D eigenvalue weighted by molar-refractivity contribution is -0.132. The van der Waals surface area contributed by atoms with Gasteiger partial charge in [0.2, 0.25) is 5.91 Å². The van der Waals surface area contributed by atoms with E-state index in [0.29, 0.717) is 31.1 Å². The van der Waals surface area contributed by atoms with Crippen LogP contribution in [-0.2, 0) is 9.53 Å².